The molecule has 0 saturated heterocycles. The number of hydrogen-bond acceptors (Lipinski definition) is 6. The third-order valence-electron chi connectivity index (χ3n) is 5.75. The van der Waals surface area contributed by atoms with Gasteiger partial charge in [-0.1, -0.05) is 50.1 Å². The average Bonchev–Trinajstić information content (AvgIpc) is 3.17. The monoisotopic (exact) mass is 453 g/mol. The molecule has 7 nitrogen and oxygen atoms in total. The van der Waals surface area contributed by atoms with Crippen LogP contribution in [0.15, 0.2) is 59.6 Å². The number of hydrazine groups is 1. The lowest BCUT2D eigenvalue weighted by molar-refractivity contribution is -0.129. The molecule has 3 rings (SSSR count). The van der Waals surface area contributed by atoms with E-state index in [1.54, 1.807) is 0 Å². The van der Waals surface area contributed by atoms with Gasteiger partial charge in [0.1, 0.15) is 11.9 Å². The molecule has 2 aromatic rings. The number of nitrogens with one attached hydrogen (secondary N) is 2. The summed E-state index contributed by atoms with van der Waals surface area (Å²) in [5.74, 6) is 0.958. The van der Waals surface area contributed by atoms with Crippen LogP contribution >= 0.6 is 0 Å². The molecule has 0 bridgehead atoms. The maximum Gasteiger partial charge on any atom is 0.266 e. The van der Waals surface area contributed by atoms with E-state index in [-0.39, 0.29) is 12.5 Å². The summed E-state index contributed by atoms with van der Waals surface area (Å²) >= 11 is 0. The fourth-order valence-corrected chi connectivity index (χ4v) is 3.76. The number of carbonyl (C=O) groups excluding carboxylic acids is 1. The number of hydrogen-bond donors (Lipinski definition) is 3. The summed E-state index contributed by atoms with van der Waals surface area (Å²) in [4.78, 5) is 18.2. The summed E-state index contributed by atoms with van der Waals surface area (Å²) in [6.07, 6.45) is 3.81. The van der Waals surface area contributed by atoms with Gasteiger partial charge in [0.05, 0.1) is 6.61 Å². The maximum absolute atomic E-state index is 13.4. The van der Waals surface area contributed by atoms with Crippen LogP contribution in [0, 0.1) is 0 Å². The Labute approximate surface area is 196 Å². The van der Waals surface area contributed by atoms with E-state index < -0.39 is 11.6 Å². The Morgan fingerprint density at radius 3 is 2.58 bits per heavy atom. The highest BCUT2D eigenvalue weighted by atomic mass is 16.5. The fraction of sp³-hybridized carbons (Fsp3) is 0.462. The molecule has 2 aromatic carbocycles. The van der Waals surface area contributed by atoms with E-state index in [4.69, 9.17) is 19.6 Å². The third-order valence-corrected chi connectivity index (χ3v) is 5.75. The molecule has 7 heteroatoms. The van der Waals surface area contributed by atoms with E-state index in [0.29, 0.717) is 37.6 Å². The van der Waals surface area contributed by atoms with Gasteiger partial charge in [0.25, 0.3) is 5.91 Å². The Balaban J connectivity index is 1.80. The highest BCUT2D eigenvalue weighted by Gasteiger charge is 2.50. The summed E-state index contributed by atoms with van der Waals surface area (Å²) in [6.45, 7) is 5.30. The molecule has 0 aromatic heterocycles. The van der Waals surface area contributed by atoms with Crippen LogP contribution in [0.4, 0.5) is 0 Å². The molecule has 33 heavy (non-hydrogen) atoms. The van der Waals surface area contributed by atoms with Gasteiger partial charge >= 0.3 is 0 Å². The average molecular weight is 454 g/mol. The molecular formula is C26H35N3O4. The molecule has 0 aliphatic carbocycles. The number of aliphatic imine (C=N–C) groups is 1. The molecule has 0 radical (unpaired) electrons. The number of aliphatic hydroxyl groups excluding tert-OH is 1. The first-order valence-corrected chi connectivity index (χ1v) is 11.8. The van der Waals surface area contributed by atoms with Crippen molar-refractivity contribution < 1.29 is 19.4 Å². The van der Waals surface area contributed by atoms with Gasteiger partial charge in [0.2, 0.25) is 5.90 Å². The number of ether oxygens (including phenoxy) is 2. The quantitative estimate of drug-likeness (QED) is 0.319. The lowest BCUT2D eigenvalue weighted by atomic mass is 9.86. The summed E-state index contributed by atoms with van der Waals surface area (Å²) in [6, 6.07) is 17.3. The van der Waals surface area contributed by atoms with Gasteiger partial charge in [-0.05, 0) is 43.2 Å². The van der Waals surface area contributed by atoms with Crippen LogP contribution in [0.2, 0.25) is 0 Å². The van der Waals surface area contributed by atoms with Gasteiger partial charge in [-0.2, -0.15) is 0 Å². The Hall–Kier alpha value is -2.90. The SMILES string of the molecule is CCCCCNNC(=O)[C@@]1(Cc2ccccc2)N=C(c2ccc(OCCCO)cc2)O[C@H]1C. The standard InChI is InChI=1S/C26H35N3O4/c1-3-4-8-16-27-29-25(31)26(19-21-10-6-5-7-11-21)20(2)33-24(28-26)22-12-14-23(15-13-22)32-18-9-17-30/h5-7,10-15,20,27,30H,3-4,8-9,16-19H2,1-2H3,(H,29,31)/t20-,26-/m0/s1. The molecule has 3 N–H and O–H groups in total. The fourth-order valence-electron chi connectivity index (χ4n) is 3.76. The minimum atomic E-state index is -1.08. The lowest BCUT2D eigenvalue weighted by Crippen LogP contribution is -2.56. The maximum atomic E-state index is 13.4. The van der Waals surface area contributed by atoms with Crippen molar-refractivity contribution in [2.45, 2.75) is 57.6 Å². The highest BCUT2D eigenvalue weighted by molar-refractivity contribution is 6.00. The summed E-state index contributed by atoms with van der Waals surface area (Å²) in [7, 11) is 0. The Morgan fingerprint density at radius 2 is 1.88 bits per heavy atom. The molecular weight excluding hydrogens is 418 g/mol. The van der Waals surface area contributed by atoms with Gasteiger partial charge in [0, 0.05) is 31.6 Å². The first-order chi connectivity index (χ1) is 16.1. The van der Waals surface area contributed by atoms with Gasteiger partial charge in [0.15, 0.2) is 5.54 Å². The van der Waals surface area contributed by atoms with E-state index in [1.165, 1.54) is 0 Å². The zero-order valence-electron chi connectivity index (χ0n) is 19.5. The molecule has 0 unspecified atom stereocenters. The molecule has 1 aliphatic heterocycles. The number of nitrogens with zero attached hydrogens (tertiary/aromatic N) is 1. The predicted octanol–water partition coefficient (Wildman–Crippen LogP) is 3.41. The first-order valence-electron chi connectivity index (χ1n) is 11.8. The van der Waals surface area contributed by atoms with Gasteiger partial charge in [-0.3, -0.25) is 10.2 Å². The number of carbonyl (C=O) groups is 1. The van der Waals surface area contributed by atoms with Crippen LogP contribution in [0.1, 0.15) is 50.7 Å². The molecule has 178 valence electrons. The predicted molar refractivity (Wildman–Crippen MR) is 129 cm³/mol. The van der Waals surface area contributed by atoms with Gasteiger partial charge in [-0.15, -0.1) is 0 Å². The zero-order valence-corrected chi connectivity index (χ0v) is 19.5. The Morgan fingerprint density at radius 1 is 1.12 bits per heavy atom. The smallest absolute Gasteiger partial charge is 0.266 e. The largest absolute Gasteiger partial charge is 0.494 e. The van der Waals surface area contributed by atoms with E-state index in [9.17, 15) is 4.79 Å². The van der Waals surface area contributed by atoms with Crippen molar-refractivity contribution in [2.75, 3.05) is 19.8 Å². The van der Waals surface area contributed by atoms with Crippen LogP contribution in [0.3, 0.4) is 0 Å². The van der Waals surface area contributed by atoms with Gasteiger partial charge < -0.3 is 14.6 Å². The van der Waals surface area contributed by atoms with Crippen molar-refractivity contribution in [1.82, 2.24) is 10.9 Å². The Kier molecular flexibility index (Phi) is 9.27. The molecule has 1 amide bonds. The van der Waals surface area contributed by atoms with Crippen molar-refractivity contribution in [3.05, 3.63) is 65.7 Å². The number of amides is 1. The number of rotatable bonds is 13. The van der Waals surface area contributed by atoms with Gasteiger partial charge in [-0.25, -0.2) is 10.4 Å². The van der Waals surface area contributed by atoms with Crippen molar-refractivity contribution in [1.29, 1.82) is 0 Å². The van der Waals surface area contributed by atoms with Crippen molar-refractivity contribution in [2.24, 2.45) is 4.99 Å². The van der Waals surface area contributed by atoms with Crippen LogP contribution < -0.4 is 15.6 Å². The number of aliphatic hydroxyl groups is 1. The summed E-state index contributed by atoms with van der Waals surface area (Å²) in [5.41, 5.74) is 6.65. The molecule has 0 fully saturated rings. The molecule has 0 saturated carbocycles. The number of benzene rings is 2. The second-order valence-electron chi connectivity index (χ2n) is 8.30. The minimum absolute atomic E-state index is 0.0969. The normalized spacial score (nSPS) is 19.6. The molecule has 1 heterocycles. The van der Waals surface area contributed by atoms with Crippen molar-refractivity contribution in [3.8, 4) is 5.75 Å². The van der Waals surface area contributed by atoms with E-state index in [0.717, 1.165) is 30.4 Å². The number of unbranched alkanes of at least 4 members (excludes halogenated alkanes) is 2. The van der Waals surface area contributed by atoms with Crippen LogP contribution in [0.5, 0.6) is 5.75 Å². The second-order valence-corrected chi connectivity index (χ2v) is 8.30. The van der Waals surface area contributed by atoms with E-state index in [1.807, 2.05) is 61.5 Å². The van der Waals surface area contributed by atoms with Crippen molar-refractivity contribution >= 4 is 11.8 Å². The van der Waals surface area contributed by atoms with E-state index in [2.05, 4.69) is 17.8 Å². The first kappa shape index (κ1) is 24.7. The summed E-state index contributed by atoms with van der Waals surface area (Å²) in [5, 5.41) is 8.90. The molecule has 1 aliphatic rings. The zero-order chi connectivity index (χ0) is 23.5. The van der Waals surface area contributed by atoms with Crippen molar-refractivity contribution in [3.63, 3.8) is 0 Å². The van der Waals surface area contributed by atoms with Crippen LogP contribution in [-0.2, 0) is 16.0 Å². The van der Waals surface area contributed by atoms with Crippen LogP contribution in [0.25, 0.3) is 0 Å². The highest BCUT2D eigenvalue weighted by Crippen LogP contribution is 2.32. The Bertz CT molecular complexity index is 902. The molecule has 0 spiro atoms. The van der Waals surface area contributed by atoms with Crippen LogP contribution in [-0.4, -0.2) is 48.3 Å². The third kappa shape index (κ3) is 6.55. The lowest BCUT2D eigenvalue weighted by Gasteiger charge is -2.28. The summed E-state index contributed by atoms with van der Waals surface area (Å²) < 4.78 is 11.7. The second kappa shape index (κ2) is 12.4. The van der Waals surface area contributed by atoms with E-state index >= 15 is 0 Å². The molecule has 2 atom stereocenters. The topological polar surface area (TPSA) is 92.2 Å². The minimum Gasteiger partial charge on any atom is -0.494 e.